The second-order valence-electron chi connectivity index (χ2n) is 7.28. The van der Waals surface area contributed by atoms with Gasteiger partial charge in [-0.1, -0.05) is 15.9 Å². The number of hydrogen-bond donors (Lipinski definition) is 0. The Labute approximate surface area is 164 Å². The fraction of sp³-hybridized carbons (Fsp3) is 0.500. The zero-order chi connectivity index (χ0) is 20.4. The molecule has 1 fully saturated rings. The highest BCUT2D eigenvalue weighted by Gasteiger charge is 2.52. The molecule has 1 aromatic carbocycles. The lowest BCUT2D eigenvalue weighted by molar-refractivity contribution is -0.124. The summed E-state index contributed by atoms with van der Waals surface area (Å²) in [6.07, 6.45) is -1.30. The van der Waals surface area contributed by atoms with Crippen LogP contribution in [0, 0.1) is 0 Å². The Morgan fingerprint density at radius 1 is 1.33 bits per heavy atom. The molecule has 0 N–H and O–H groups in total. The standard InChI is InChI=1S/C18H21BrF2N2O4/c1-17(2,3)27-16(26)23-11-18(20,21)10-14(23)15(25)22(8-9-24)13-6-4-12(19)5-7-13/h4-7,9,14H,8,10-11H2,1-3H3. The van der Waals surface area contributed by atoms with E-state index in [4.69, 9.17) is 4.74 Å². The van der Waals surface area contributed by atoms with Gasteiger partial charge in [-0.2, -0.15) is 0 Å². The van der Waals surface area contributed by atoms with Crippen molar-refractivity contribution in [2.24, 2.45) is 0 Å². The molecule has 1 heterocycles. The minimum absolute atomic E-state index is 0.315. The topological polar surface area (TPSA) is 66.9 Å². The first-order valence-electron chi connectivity index (χ1n) is 8.31. The highest BCUT2D eigenvalue weighted by Crippen LogP contribution is 2.34. The molecule has 0 bridgehead atoms. The van der Waals surface area contributed by atoms with Crippen molar-refractivity contribution in [2.45, 2.75) is 44.8 Å². The van der Waals surface area contributed by atoms with Crippen LogP contribution in [-0.2, 0) is 14.3 Å². The average Bonchev–Trinajstić information content (AvgIpc) is 2.87. The highest BCUT2D eigenvalue weighted by molar-refractivity contribution is 9.10. The third-order valence-corrected chi connectivity index (χ3v) is 4.37. The average molecular weight is 447 g/mol. The van der Waals surface area contributed by atoms with Crippen LogP contribution in [0.5, 0.6) is 0 Å². The van der Waals surface area contributed by atoms with E-state index in [0.717, 1.165) is 14.3 Å². The van der Waals surface area contributed by atoms with Gasteiger partial charge in [-0.25, -0.2) is 13.6 Å². The molecule has 2 rings (SSSR count). The van der Waals surface area contributed by atoms with Crippen molar-refractivity contribution < 1.29 is 27.9 Å². The van der Waals surface area contributed by atoms with Crippen LogP contribution in [0.15, 0.2) is 28.7 Å². The largest absolute Gasteiger partial charge is 0.444 e. The molecule has 0 radical (unpaired) electrons. The first-order chi connectivity index (χ1) is 12.4. The van der Waals surface area contributed by atoms with Crippen molar-refractivity contribution in [3.05, 3.63) is 28.7 Å². The van der Waals surface area contributed by atoms with E-state index in [-0.39, 0.29) is 6.54 Å². The number of anilines is 1. The number of nitrogens with zero attached hydrogens (tertiary/aromatic N) is 2. The van der Waals surface area contributed by atoms with Gasteiger partial charge in [0, 0.05) is 16.6 Å². The van der Waals surface area contributed by atoms with Crippen molar-refractivity contribution in [3.8, 4) is 0 Å². The van der Waals surface area contributed by atoms with Gasteiger partial charge in [0.1, 0.15) is 17.9 Å². The van der Waals surface area contributed by atoms with E-state index >= 15 is 0 Å². The molecule has 27 heavy (non-hydrogen) atoms. The lowest BCUT2D eigenvalue weighted by atomic mass is 10.1. The van der Waals surface area contributed by atoms with Crippen LogP contribution >= 0.6 is 15.9 Å². The van der Waals surface area contributed by atoms with E-state index < -0.39 is 42.5 Å². The third-order valence-electron chi connectivity index (χ3n) is 3.84. The molecule has 6 nitrogen and oxygen atoms in total. The van der Waals surface area contributed by atoms with E-state index in [1.54, 1.807) is 45.0 Å². The van der Waals surface area contributed by atoms with E-state index in [1.807, 2.05) is 0 Å². The summed E-state index contributed by atoms with van der Waals surface area (Å²) in [5.41, 5.74) is -0.522. The quantitative estimate of drug-likeness (QED) is 0.662. The maximum absolute atomic E-state index is 14.0. The van der Waals surface area contributed by atoms with Crippen molar-refractivity contribution in [3.63, 3.8) is 0 Å². The van der Waals surface area contributed by atoms with Crippen LogP contribution in [0.2, 0.25) is 0 Å². The van der Waals surface area contributed by atoms with Crippen LogP contribution in [0.4, 0.5) is 19.3 Å². The number of hydrogen-bond acceptors (Lipinski definition) is 4. The molecule has 0 saturated carbocycles. The lowest BCUT2D eigenvalue weighted by Gasteiger charge is -2.30. The van der Waals surface area contributed by atoms with Crippen molar-refractivity contribution >= 4 is 39.9 Å². The fourth-order valence-electron chi connectivity index (χ4n) is 2.75. The molecule has 1 atom stereocenters. The highest BCUT2D eigenvalue weighted by atomic mass is 79.9. The van der Waals surface area contributed by atoms with Crippen molar-refractivity contribution in [2.75, 3.05) is 18.0 Å². The van der Waals surface area contributed by atoms with E-state index in [0.29, 0.717) is 12.0 Å². The SMILES string of the molecule is CC(C)(C)OC(=O)N1CC(F)(F)CC1C(=O)N(CC=O)c1ccc(Br)cc1. The van der Waals surface area contributed by atoms with Gasteiger partial charge >= 0.3 is 6.09 Å². The zero-order valence-corrected chi connectivity index (χ0v) is 16.8. The summed E-state index contributed by atoms with van der Waals surface area (Å²) in [4.78, 5) is 38.2. The number of rotatable bonds is 4. The minimum Gasteiger partial charge on any atom is -0.444 e. The number of aldehydes is 1. The number of halogens is 3. The second-order valence-corrected chi connectivity index (χ2v) is 8.19. The number of amides is 2. The van der Waals surface area contributed by atoms with Gasteiger partial charge in [-0.05, 0) is 45.0 Å². The molecular formula is C18H21BrF2N2O4. The molecule has 1 aromatic rings. The molecular weight excluding hydrogens is 426 g/mol. The molecule has 0 aromatic heterocycles. The fourth-order valence-corrected chi connectivity index (χ4v) is 3.01. The molecule has 0 spiro atoms. The number of carbonyl (C=O) groups excluding carboxylic acids is 3. The smallest absolute Gasteiger partial charge is 0.411 e. The maximum Gasteiger partial charge on any atom is 0.411 e. The molecule has 1 saturated heterocycles. The summed E-state index contributed by atoms with van der Waals surface area (Å²) < 4.78 is 33.9. The van der Waals surface area contributed by atoms with Crippen LogP contribution in [0.1, 0.15) is 27.2 Å². The third kappa shape index (κ3) is 5.47. The van der Waals surface area contributed by atoms with Crippen molar-refractivity contribution in [1.29, 1.82) is 0 Å². The predicted molar refractivity (Wildman–Crippen MR) is 98.9 cm³/mol. The maximum atomic E-state index is 14.0. The zero-order valence-electron chi connectivity index (χ0n) is 15.2. The first-order valence-corrected chi connectivity index (χ1v) is 9.11. The summed E-state index contributed by atoms with van der Waals surface area (Å²) in [6.45, 7) is 3.60. The first kappa shape index (κ1) is 21.3. The van der Waals surface area contributed by atoms with Crippen LogP contribution in [0.25, 0.3) is 0 Å². The van der Waals surface area contributed by atoms with Gasteiger partial charge in [-0.15, -0.1) is 0 Å². The number of alkyl halides is 2. The molecule has 148 valence electrons. The molecule has 1 aliphatic rings. The van der Waals surface area contributed by atoms with Crippen LogP contribution in [-0.4, -0.2) is 53.8 Å². The summed E-state index contributed by atoms with van der Waals surface area (Å²) in [5.74, 6) is -3.98. The molecule has 9 heteroatoms. The number of ether oxygens (including phenoxy) is 1. The van der Waals surface area contributed by atoms with Crippen molar-refractivity contribution in [1.82, 2.24) is 4.90 Å². The Morgan fingerprint density at radius 3 is 2.44 bits per heavy atom. The van der Waals surface area contributed by atoms with Gasteiger partial charge in [0.15, 0.2) is 0 Å². The molecule has 1 unspecified atom stereocenters. The molecule has 2 amide bonds. The lowest BCUT2D eigenvalue weighted by Crippen LogP contribution is -2.49. The normalized spacial score (nSPS) is 18.9. The Bertz CT molecular complexity index is 719. The van der Waals surface area contributed by atoms with Gasteiger partial charge in [0.2, 0.25) is 0 Å². The summed E-state index contributed by atoms with van der Waals surface area (Å²) >= 11 is 3.27. The van der Waals surface area contributed by atoms with Crippen LogP contribution < -0.4 is 4.90 Å². The number of carbonyl (C=O) groups is 3. The number of benzene rings is 1. The van der Waals surface area contributed by atoms with E-state index in [1.165, 1.54) is 0 Å². The van der Waals surface area contributed by atoms with Crippen LogP contribution in [0.3, 0.4) is 0 Å². The van der Waals surface area contributed by atoms with E-state index in [9.17, 15) is 23.2 Å². The Kier molecular flexibility index (Phi) is 6.24. The number of likely N-dealkylation sites (tertiary alicyclic amines) is 1. The monoisotopic (exact) mass is 446 g/mol. The molecule has 1 aliphatic heterocycles. The Morgan fingerprint density at radius 2 is 1.93 bits per heavy atom. The van der Waals surface area contributed by atoms with Gasteiger partial charge < -0.3 is 14.4 Å². The Hall–Kier alpha value is -2.03. The summed E-state index contributed by atoms with van der Waals surface area (Å²) in [5, 5.41) is 0. The second kappa shape index (κ2) is 7.92. The molecule has 0 aliphatic carbocycles. The summed E-state index contributed by atoms with van der Waals surface area (Å²) in [6, 6.07) is 5.07. The van der Waals surface area contributed by atoms with E-state index in [2.05, 4.69) is 15.9 Å². The Balaban J connectivity index is 2.31. The van der Waals surface area contributed by atoms with Gasteiger partial charge in [0.25, 0.3) is 11.8 Å². The van der Waals surface area contributed by atoms with Gasteiger partial charge in [0.05, 0.1) is 13.1 Å². The van der Waals surface area contributed by atoms with Gasteiger partial charge in [-0.3, -0.25) is 9.69 Å². The predicted octanol–water partition coefficient (Wildman–Crippen LogP) is 3.63. The minimum atomic E-state index is -3.22. The summed E-state index contributed by atoms with van der Waals surface area (Å²) in [7, 11) is 0.